The number of ether oxygens (including phenoxy) is 1. The van der Waals surface area contributed by atoms with Crippen LogP contribution in [0.4, 0.5) is 49.1 Å². The van der Waals surface area contributed by atoms with E-state index < -0.39 is 61.7 Å². The van der Waals surface area contributed by atoms with Crippen molar-refractivity contribution in [3.05, 3.63) is 190 Å². The van der Waals surface area contributed by atoms with E-state index in [1.54, 1.807) is 65.6 Å². The van der Waals surface area contributed by atoms with E-state index in [0.29, 0.717) is 54.2 Å². The van der Waals surface area contributed by atoms with Gasteiger partial charge in [0.15, 0.2) is 12.2 Å². The standard InChI is InChI=1S/C27H27F3N2O3.C26H25F3N2O3.Li.H2O/c1-18-7-5-8-19(13-18)15-31-16-24(20-9-6-10-21(14-20)26(34)35-2)32(17-25(33)27(28,29)30)23-12-4-3-11-22(23)31;1-17-6-4-7-18(12-17)14-30-15-23(19-8-5-9-20(13-19)25(33)34)31(16-24(32)26(27,28)29)22-11-3-2-10-21(22)30;;/h3-14,24-25,33H,15-17H2,1-2H3;2-13,23-24,32H,14-16H2,1H3,(H,33,34);;1H2/q;;+1;/p-1/t24?,25-;23?,24-;;/m11../s1. The van der Waals surface area contributed by atoms with Crippen molar-refractivity contribution >= 4 is 34.7 Å². The number of rotatable bonds is 12. The van der Waals surface area contributed by atoms with E-state index >= 15 is 0 Å². The predicted octanol–water partition coefficient (Wildman–Crippen LogP) is 7.28. The molecule has 0 amide bonds. The van der Waals surface area contributed by atoms with Crippen LogP contribution in [-0.4, -0.2) is 90.6 Å². The second-order valence-corrected chi connectivity index (χ2v) is 17.2. The zero-order chi connectivity index (χ0) is 49.6. The number of aryl methyl sites for hydroxylation is 2. The largest absolute Gasteiger partial charge is 1.00 e. The predicted molar refractivity (Wildman–Crippen MR) is 255 cm³/mol. The number of aromatic carboxylic acids is 1. The van der Waals surface area contributed by atoms with Gasteiger partial charge in [-0.15, -0.1) is 0 Å². The fraction of sp³-hybridized carbons (Fsp3) is 0.283. The van der Waals surface area contributed by atoms with Gasteiger partial charge in [0, 0.05) is 26.2 Å². The first kappa shape index (κ1) is 55.4. The first-order valence-corrected chi connectivity index (χ1v) is 22.1. The third-order valence-electron chi connectivity index (χ3n) is 12.2. The van der Waals surface area contributed by atoms with Crippen molar-refractivity contribution < 1.29 is 80.3 Å². The molecule has 18 heteroatoms. The summed E-state index contributed by atoms with van der Waals surface area (Å²) in [6.45, 7) is 4.47. The van der Waals surface area contributed by atoms with Crippen molar-refractivity contribution in [1.82, 2.24) is 0 Å². The van der Waals surface area contributed by atoms with Gasteiger partial charge in [-0.1, -0.05) is 108 Å². The number of β-amino-alcohol motifs (C(OH)–C–C–N with tert-alkyl or cyclic N) is 2. The number of hydrogen-bond donors (Lipinski definition) is 3. The third-order valence-corrected chi connectivity index (χ3v) is 12.2. The van der Waals surface area contributed by atoms with Gasteiger partial charge in [0.05, 0.1) is 66.2 Å². The Morgan fingerprint density at radius 3 is 1.34 bits per heavy atom. The van der Waals surface area contributed by atoms with Gasteiger partial charge < -0.3 is 45.1 Å². The summed E-state index contributed by atoms with van der Waals surface area (Å²) in [6, 6.07) is 42.3. The molecule has 4 N–H and O–H groups in total. The maximum atomic E-state index is 13.4. The van der Waals surface area contributed by atoms with Crippen LogP contribution >= 0.6 is 0 Å². The van der Waals surface area contributed by atoms with E-state index in [2.05, 4.69) is 21.9 Å². The molecule has 11 nitrogen and oxygen atoms in total. The number of nitrogens with zero attached hydrogens (tertiary/aromatic N) is 4. The maximum Gasteiger partial charge on any atom is 1.00 e. The van der Waals surface area contributed by atoms with Crippen LogP contribution in [0.15, 0.2) is 146 Å². The maximum absolute atomic E-state index is 13.4. The van der Waals surface area contributed by atoms with Crippen molar-refractivity contribution in [3.8, 4) is 0 Å². The number of anilines is 4. The van der Waals surface area contributed by atoms with Crippen molar-refractivity contribution in [2.45, 2.75) is 63.6 Å². The molecule has 4 atom stereocenters. The number of esters is 1. The monoisotopic (exact) mass is 978 g/mol. The minimum absolute atomic E-state index is 0. The van der Waals surface area contributed by atoms with Crippen molar-refractivity contribution in [3.63, 3.8) is 0 Å². The fourth-order valence-electron chi connectivity index (χ4n) is 8.93. The molecule has 0 aromatic heterocycles. The Hall–Kier alpha value is -6.48. The smallest absolute Gasteiger partial charge is 0.870 e. The van der Waals surface area contributed by atoms with Crippen LogP contribution in [0.5, 0.6) is 0 Å². The van der Waals surface area contributed by atoms with E-state index in [4.69, 9.17) is 4.74 Å². The Balaban J connectivity index is 0.000000257. The summed E-state index contributed by atoms with van der Waals surface area (Å²) in [5, 5.41) is 29.4. The van der Waals surface area contributed by atoms with E-state index in [9.17, 15) is 51.3 Å². The molecule has 6 aromatic carbocycles. The van der Waals surface area contributed by atoms with Crippen LogP contribution in [0.1, 0.15) is 66.2 Å². The summed E-state index contributed by atoms with van der Waals surface area (Å²) in [6.07, 6.45) is -14.6. The van der Waals surface area contributed by atoms with Crippen molar-refractivity contribution in [2.24, 2.45) is 0 Å². The molecule has 2 aliphatic heterocycles. The Morgan fingerprint density at radius 2 is 0.958 bits per heavy atom. The minimum atomic E-state index is -4.78. The summed E-state index contributed by atoms with van der Waals surface area (Å²) in [5.41, 5.74) is 8.61. The molecule has 2 heterocycles. The molecule has 0 saturated carbocycles. The van der Waals surface area contributed by atoms with Gasteiger partial charge in [0.2, 0.25) is 0 Å². The zero-order valence-electron chi connectivity index (χ0n) is 39.5. The molecule has 0 saturated heterocycles. The number of carbonyl (C=O) groups excluding carboxylic acids is 1. The van der Waals surface area contributed by atoms with Gasteiger partial charge in [-0.25, -0.2) is 9.59 Å². The average molecular weight is 979 g/mol. The normalized spacial score (nSPS) is 16.2. The number of fused-ring (bicyclic) bond motifs is 2. The van der Waals surface area contributed by atoms with E-state index in [1.165, 1.54) is 24.1 Å². The summed E-state index contributed by atoms with van der Waals surface area (Å²) in [7, 11) is 1.28. The number of alkyl halides is 6. The van der Waals surface area contributed by atoms with Gasteiger partial charge in [-0.3, -0.25) is 0 Å². The van der Waals surface area contributed by atoms with Gasteiger partial charge in [0.25, 0.3) is 0 Å². The average Bonchev–Trinajstić information content (AvgIpc) is 3.32. The molecule has 2 unspecified atom stereocenters. The van der Waals surface area contributed by atoms with Gasteiger partial charge >= 0.3 is 43.2 Å². The van der Waals surface area contributed by atoms with E-state index in [1.807, 2.05) is 74.5 Å². The molecular formula is C53H53F6LiN4O7. The number of carboxylic acids is 1. The molecule has 71 heavy (non-hydrogen) atoms. The molecule has 370 valence electrons. The number of benzene rings is 6. The van der Waals surface area contributed by atoms with Crippen molar-refractivity contribution in [2.75, 3.05) is 52.9 Å². The number of para-hydroxylation sites is 4. The first-order chi connectivity index (χ1) is 32.8. The number of aliphatic hydroxyl groups excluding tert-OH is 2. The third kappa shape index (κ3) is 13.5. The second-order valence-electron chi connectivity index (χ2n) is 17.2. The number of methoxy groups -OCH3 is 1. The van der Waals surface area contributed by atoms with Crippen LogP contribution in [-0.2, 0) is 17.8 Å². The number of carboxylic acid groups (broad SMARTS) is 1. The SMILES string of the molecule is COC(=O)c1cccc(C2CN(Cc3cccc(C)c3)c3ccccc3N2C[C@@H](O)C(F)(F)F)c1.Cc1cccc(CN2CC(c3cccc(C(=O)O)c3)N(C[C@@H](O)C(F)(F)F)c3ccccc32)c1.[Li+].[OH-]. The molecule has 2 aliphatic rings. The molecule has 0 aliphatic carbocycles. The Morgan fingerprint density at radius 1 is 0.577 bits per heavy atom. The molecule has 0 bridgehead atoms. The number of halogens is 6. The molecule has 0 spiro atoms. The summed E-state index contributed by atoms with van der Waals surface area (Å²) in [4.78, 5) is 31.0. The van der Waals surface area contributed by atoms with Crippen molar-refractivity contribution in [1.29, 1.82) is 0 Å². The Kier molecular flexibility index (Phi) is 18.4. The number of carbonyl (C=O) groups is 2. The minimum Gasteiger partial charge on any atom is -0.870 e. The second kappa shape index (κ2) is 23.6. The molecular weight excluding hydrogens is 926 g/mol. The number of aliphatic hydroxyl groups is 2. The van der Waals surface area contributed by atoms with Crippen LogP contribution < -0.4 is 38.5 Å². The first-order valence-electron chi connectivity index (χ1n) is 22.1. The summed E-state index contributed by atoms with van der Waals surface area (Å²) < 4.78 is 84.9. The van der Waals surface area contributed by atoms with E-state index in [0.717, 1.165) is 33.6 Å². The number of hydrogen-bond acceptors (Lipinski definition) is 10. The van der Waals surface area contributed by atoms with Gasteiger partial charge in [0.1, 0.15) is 0 Å². The quantitative estimate of drug-likeness (QED) is 0.0646. The summed E-state index contributed by atoms with van der Waals surface area (Å²) >= 11 is 0. The molecule has 0 fully saturated rings. The fourth-order valence-corrected chi connectivity index (χ4v) is 8.93. The molecule has 6 aromatic rings. The van der Waals surface area contributed by atoms with Crippen LogP contribution in [0.3, 0.4) is 0 Å². The van der Waals surface area contributed by atoms with Crippen LogP contribution in [0.25, 0.3) is 0 Å². The summed E-state index contributed by atoms with van der Waals surface area (Å²) in [5.74, 6) is -1.64. The van der Waals surface area contributed by atoms with Gasteiger partial charge in [-0.05, 0) is 84.6 Å². The van der Waals surface area contributed by atoms with Gasteiger partial charge in [-0.2, -0.15) is 26.3 Å². The van der Waals surface area contributed by atoms with E-state index in [-0.39, 0.29) is 29.9 Å². The Bertz CT molecular complexity index is 2760. The zero-order valence-corrected chi connectivity index (χ0v) is 39.5. The topological polar surface area (TPSA) is 147 Å². The molecule has 0 radical (unpaired) electrons. The Labute approximate surface area is 420 Å². The van der Waals surface area contributed by atoms with Crippen LogP contribution in [0.2, 0.25) is 0 Å². The molecule has 8 rings (SSSR count). The van der Waals surface area contributed by atoms with Crippen LogP contribution in [0, 0.1) is 13.8 Å².